The number of methoxy groups -OCH3 is 1. The Labute approximate surface area is 101 Å². The zero-order valence-corrected chi connectivity index (χ0v) is 10.8. The predicted molar refractivity (Wildman–Crippen MR) is 66.0 cm³/mol. The molecule has 0 unspecified atom stereocenters. The molecule has 0 spiro atoms. The van der Waals surface area contributed by atoms with Crippen LogP contribution in [0.1, 0.15) is 18.1 Å². The molecule has 88 valence electrons. The number of hydrogen-bond acceptors (Lipinski definition) is 2. The number of hydrogen-bond donors (Lipinski definition) is 0. The second-order valence-corrected chi connectivity index (χ2v) is 4.11. The van der Waals surface area contributed by atoms with Gasteiger partial charge in [0.25, 0.3) is 0 Å². The molecule has 1 rings (SSSR count). The topological polar surface area (TPSA) is 29.5 Å². The normalized spacial score (nSPS) is 10.3. The minimum Gasteiger partial charge on any atom is -0.364 e. The van der Waals surface area contributed by atoms with Crippen LogP contribution in [0.4, 0.5) is 5.69 Å². The standard InChI is InChI=1S/C12H16ClNO2/c1-8-5-6-11(13)9(2)12(8)14(7-16-4)10(3)15/h5-6H,7H2,1-4H3. The van der Waals surface area contributed by atoms with Gasteiger partial charge in [-0.25, -0.2) is 0 Å². The summed E-state index contributed by atoms with van der Waals surface area (Å²) in [6, 6.07) is 3.73. The molecule has 0 aliphatic rings. The molecule has 16 heavy (non-hydrogen) atoms. The monoisotopic (exact) mass is 241 g/mol. The minimum absolute atomic E-state index is 0.0599. The van der Waals surface area contributed by atoms with E-state index in [0.29, 0.717) is 5.02 Å². The van der Waals surface area contributed by atoms with Gasteiger partial charge in [0.1, 0.15) is 6.73 Å². The Hall–Kier alpha value is -1.06. The van der Waals surface area contributed by atoms with Gasteiger partial charge < -0.3 is 4.74 Å². The van der Waals surface area contributed by atoms with Crippen LogP contribution in [0.5, 0.6) is 0 Å². The van der Waals surface area contributed by atoms with Crippen molar-refractivity contribution in [1.82, 2.24) is 0 Å². The SMILES string of the molecule is COCN(C(C)=O)c1c(C)ccc(Cl)c1C. The first-order valence-corrected chi connectivity index (χ1v) is 5.39. The number of nitrogens with zero attached hydrogens (tertiary/aromatic N) is 1. The highest BCUT2D eigenvalue weighted by atomic mass is 35.5. The molecule has 0 saturated heterocycles. The van der Waals surface area contributed by atoms with Crippen molar-refractivity contribution in [3.63, 3.8) is 0 Å². The lowest BCUT2D eigenvalue weighted by atomic mass is 10.1. The summed E-state index contributed by atoms with van der Waals surface area (Å²) in [6.45, 7) is 5.59. The molecule has 0 aliphatic carbocycles. The smallest absolute Gasteiger partial charge is 0.225 e. The number of amides is 1. The molecule has 0 N–H and O–H groups in total. The molecule has 0 bridgehead atoms. The highest BCUT2D eigenvalue weighted by Gasteiger charge is 2.17. The number of carbonyl (C=O) groups is 1. The first-order chi connectivity index (χ1) is 7.49. The van der Waals surface area contributed by atoms with Crippen LogP contribution in [0.2, 0.25) is 5.02 Å². The maximum atomic E-state index is 11.6. The van der Waals surface area contributed by atoms with E-state index in [9.17, 15) is 4.79 Å². The predicted octanol–water partition coefficient (Wildman–Crippen LogP) is 2.91. The lowest BCUT2D eigenvalue weighted by Gasteiger charge is -2.24. The zero-order valence-electron chi connectivity index (χ0n) is 10.0. The number of halogens is 1. The van der Waals surface area contributed by atoms with Crippen LogP contribution in [-0.2, 0) is 9.53 Å². The van der Waals surface area contributed by atoms with Gasteiger partial charge in [0.2, 0.25) is 5.91 Å². The van der Waals surface area contributed by atoms with E-state index in [1.165, 1.54) is 6.92 Å². The number of benzene rings is 1. The average Bonchev–Trinajstić information content (AvgIpc) is 2.22. The first kappa shape index (κ1) is 13.0. The fraction of sp³-hybridized carbons (Fsp3) is 0.417. The molecule has 0 saturated carbocycles. The largest absolute Gasteiger partial charge is 0.364 e. The Morgan fingerprint density at radius 1 is 1.44 bits per heavy atom. The summed E-state index contributed by atoms with van der Waals surface area (Å²) in [4.78, 5) is 13.1. The average molecular weight is 242 g/mol. The molecule has 4 heteroatoms. The molecule has 1 aromatic carbocycles. The van der Waals surface area contributed by atoms with Crippen molar-refractivity contribution in [2.45, 2.75) is 20.8 Å². The van der Waals surface area contributed by atoms with Crippen molar-refractivity contribution >= 4 is 23.2 Å². The van der Waals surface area contributed by atoms with Gasteiger partial charge in [-0.05, 0) is 31.0 Å². The number of rotatable bonds is 3. The molecule has 0 heterocycles. The van der Waals surface area contributed by atoms with E-state index in [2.05, 4.69) is 0 Å². The molecule has 1 amide bonds. The molecular formula is C12H16ClNO2. The maximum Gasteiger partial charge on any atom is 0.225 e. The molecule has 0 atom stereocenters. The lowest BCUT2D eigenvalue weighted by Crippen LogP contribution is -2.31. The summed E-state index contributed by atoms with van der Waals surface area (Å²) in [5, 5.41) is 0.656. The van der Waals surface area contributed by atoms with E-state index in [0.717, 1.165) is 16.8 Å². The van der Waals surface area contributed by atoms with Crippen LogP contribution in [0, 0.1) is 13.8 Å². The summed E-state index contributed by atoms with van der Waals surface area (Å²) in [7, 11) is 1.56. The van der Waals surface area contributed by atoms with Crippen molar-refractivity contribution in [3.8, 4) is 0 Å². The van der Waals surface area contributed by atoms with E-state index in [-0.39, 0.29) is 12.6 Å². The van der Waals surface area contributed by atoms with Crippen LogP contribution < -0.4 is 4.90 Å². The highest BCUT2D eigenvalue weighted by molar-refractivity contribution is 6.31. The molecule has 0 aromatic heterocycles. The van der Waals surface area contributed by atoms with E-state index in [1.54, 1.807) is 12.0 Å². The van der Waals surface area contributed by atoms with Gasteiger partial charge in [-0.3, -0.25) is 9.69 Å². The third kappa shape index (κ3) is 2.54. The fourth-order valence-electron chi connectivity index (χ4n) is 1.67. The summed E-state index contributed by atoms with van der Waals surface area (Å²) < 4.78 is 5.03. The van der Waals surface area contributed by atoms with Crippen molar-refractivity contribution in [1.29, 1.82) is 0 Å². The third-order valence-corrected chi connectivity index (χ3v) is 2.88. The van der Waals surface area contributed by atoms with Crippen LogP contribution in [0.3, 0.4) is 0 Å². The van der Waals surface area contributed by atoms with Crippen molar-refractivity contribution in [3.05, 3.63) is 28.3 Å². The number of carbonyl (C=O) groups excluding carboxylic acids is 1. The Morgan fingerprint density at radius 3 is 2.56 bits per heavy atom. The van der Waals surface area contributed by atoms with Crippen molar-refractivity contribution in [2.24, 2.45) is 0 Å². The van der Waals surface area contributed by atoms with Gasteiger partial charge in [-0.1, -0.05) is 17.7 Å². The summed E-state index contributed by atoms with van der Waals surface area (Å²) >= 11 is 6.06. The van der Waals surface area contributed by atoms with E-state index < -0.39 is 0 Å². The second-order valence-electron chi connectivity index (χ2n) is 3.70. The van der Waals surface area contributed by atoms with Crippen LogP contribution in [0.25, 0.3) is 0 Å². The Kier molecular flexibility index (Phi) is 4.33. The summed E-state index contributed by atoms with van der Waals surface area (Å²) in [6.07, 6.45) is 0. The lowest BCUT2D eigenvalue weighted by molar-refractivity contribution is -0.117. The van der Waals surface area contributed by atoms with Crippen LogP contribution >= 0.6 is 11.6 Å². The number of ether oxygens (including phenoxy) is 1. The molecule has 0 fully saturated rings. The van der Waals surface area contributed by atoms with E-state index >= 15 is 0 Å². The molecule has 0 aliphatic heterocycles. The molecular weight excluding hydrogens is 226 g/mol. The third-order valence-electron chi connectivity index (χ3n) is 2.47. The van der Waals surface area contributed by atoms with Crippen LogP contribution in [0.15, 0.2) is 12.1 Å². The van der Waals surface area contributed by atoms with Crippen LogP contribution in [-0.4, -0.2) is 19.7 Å². The fourth-order valence-corrected chi connectivity index (χ4v) is 1.82. The van der Waals surface area contributed by atoms with Gasteiger partial charge in [0.05, 0.1) is 5.69 Å². The van der Waals surface area contributed by atoms with E-state index in [1.807, 2.05) is 26.0 Å². The minimum atomic E-state index is -0.0599. The zero-order chi connectivity index (χ0) is 12.3. The summed E-state index contributed by atoms with van der Waals surface area (Å²) in [5.74, 6) is -0.0599. The highest BCUT2D eigenvalue weighted by Crippen LogP contribution is 2.30. The van der Waals surface area contributed by atoms with Crippen molar-refractivity contribution in [2.75, 3.05) is 18.7 Å². The summed E-state index contributed by atoms with van der Waals surface area (Å²) in [5.41, 5.74) is 2.74. The van der Waals surface area contributed by atoms with Gasteiger partial charge in [0, 0.05) is 19.1 Å². The quantitative estimate of drug-likeness (QED) is 0.762. The maximum absolute atomic E-state index is 11.6. The Balaban J connectivity index is 3.28. The Morgan fingerprint density at radius 2 is 2.06 bits per heavy atom. The molecule has 0 radical (unpaired) electrons. The number of anilines is 1. The van der Waals surface area contributed by atoms with E-state index in [4.69, 9.17) is 16.3 Å². The van der Waals surface area contributed by atoms with Gasteiger partial charge in [-0.15, -0.1) is 0 Å². The molecule has 3 nitrogen and oxygen atoms in total. The Bertz CT molecular complexity index is 404. The second kappa shape index (κ2) is 5.32. The van der Waals surface area contributed by atoms with Crippen molar-refractivity contribution < 1.29 is 9.53 Å². The first-order valence-electron chi connectivity index (χ1n) is 5.01. The number of aryl methyl sites for hydroxylation is 1. The van der Waals surface area contributed by atoms with Gasteiger partial charge in [0.15, 0.2) is 0 Å². The molecule has 1 aromatic rings. The van der Waals surface area contributed by atoms with Gasteiger partial charge in [-0.2, -0.15) is 0 Å². The van der Waals surface area contributed by atoms with Gasteiger partial charge >= 0.3 is 0 Å².